The average molecular weight is 282 g/mol. The smallest absolute Gasteiger partial charge is 0.323 e. The number of likely N-dealkylation sites (tertiary alicyclic amines) is 1. The van der Waals surface area contributed by atoms with Gasteiger partial charge in [0.25, 0.3) is 0 Å². The summed E-state index contributed by atoms with van der Waals surface area (Å²) in [5, 5.41) is 13.1. The van der Waals surface area contributed by atoms with Crippen LogP contribution in [0.4, 0.5) is 0 Å². The van der Waals surface area contributed by atoms with Crippen molar-refractivity contribution >= 4 is 5.97 Å². The summed E-state index contributed by atoms with van der Waals surface area (Å²) in [6.07, 6.45) is 8.92. The molecular weight excluding hydrogens is 252 g/mol. The highest BCUT2D eigenvalue weighted by Gasteiger charge is 2.44. The van der Waals surface area contributed by atoms with Crippen LogP contribution in [0.25, 0.3) is 0 Å². The number of carboxylic acid groups (broad SMARTS) is 1. The van der Waals surface area contributed by atoms with E-state index < -0.39 is 11.5 Å². The molecule has 4 nitrogen and oxygen atoms in total. The maximum atomic E-state index is 11.8. The van der Waals surface area contributed by atoms with Gasteiger partial charge in [0.1, 0.15) is 5.54 Å². The van der Waals surface area contributed by atoms with Gasteiger partial charge in [0, 0.05) is 12.1 Å². The molecular formula is C16H30N2O2. The zero-order valence-corrected chi connectivity index (χ0v) is 13.0. The largest absolute Gasteiger partial charge is 0.480 e. The third-order valence-electron chi connectivity index (χ3n) is 4.86. The molecule has 0 aromatic heterocycles. The Morgan fingerprint density at radius 3 is 2.40 bits per heavy atom. The summed E-state index contributed by atoms with van der Waals surface area (Å²) in [5.74, 6) is -0.661. The Morgan fingerprint density at radius 2 is 1.85 bits per heavy atom. The molecule has 20 heavy (non-hydrogen) atoms. The van der Waals surface area contributed by atoms with Crippen molar-refractivity contribution in [3.05, 3.63) is 0 Å². The van der Waals surface area contributed by atoms with E-state index in [1.54, 1.807) is 0 Å². The molecule has 2 N–H and O–H groups in total. The number of hydrogen-bond donors (Lipinski definition) is 2. The first-order valence-electron chi connectivity index (χ1n) is 8.29. The predicted octanol–water partition coefficient (Wildman–Crippen LogP) is 2.63. The van der Waals surface area contributed by atoms with Crippen molar-refractivity contribution in [2.75, 3.05) is 13.1 Å². The van der Waals surface area contributed by atoms with Crippen LogP contribution in [0.2, 0.25) is 0 Å². The number of rotatable bonds is 4. The van der Waals surface area contributed by atoms with Gasteiger partial charge in [-0.2, -0.15) is 0 Å². The zero-order chi connectivity index (χ0) is 14.6. The summed E-state index contributed by atoms with van der Waals surface area (Å²) in [6, 6.07) is 0.665. The Balaban J connectivity index is 2.06. The van der Waals surface area contributed by atoms with E-state index in [4.69, 9.17) is 0 Å². The van der Waals surface area contributed by atoms with Gasteiger partial charge in [-0.05, 0) is 65.5 Å². The van der Waals surface area contributed by atoms with Gasteiger partial charge in [-0.3, -0.25) is 10.1 Å². The van der Waals surface area contributed by atoms with Gasteiger partial charge in [0.2, 0.25) is 0 Å². The molecule has 2 aliphatic rings. The maximum absolute atomic E-state index is 11.8. The molecule has 4 heteroatoms. The zero-order valence-electron chi connectivity index (χ0n) is 13.0. The van der Waals surface area contributed by atoms with Crippen molar-refractivity contribution in [1.29, 1.82) is 0 Å². The Kier molecular flexibility index (Phi) is 5.44. The highest BCUT2D eigenvalue weighted by Crippen LogP contribution is 2.33. The van der Waals surface area contributed by atoms with E-state index in [9.17, 15) is 9.90 Å². The van der Waals surface area contributed by atoms with Crippen LogP contribution in [-0.2, 0) is 4.79 Å². The van der Waals surface area contributed by atoms with Gasteiger partial charge in [0.05, 0.1) is 0 Å². The fourth-order valence-corrected chi connectivity index (χ4v) is 3.96. The van der Waals surface area contributed by atoms with E-state index in [2.05, 4.69) is 10.2 Å². The monoisotopic (exact) mass is 282 g/mol. The lowest BCUT2D eigenvalue weighted by Gasteiger charge is -2.43. The summed E-state index contributed by atoms with van der Waals surface area (Å²) in [4.78, 5) is 14.4. The average Bonchev–Trinajstić information content (AvgIpc) is 2.66. The molecule has 2 atom stereocenters. The minimum Gasteiger partial charge on any atom is -0.480 e. The summed E-state index contributed by atoms with van der Waals surface area (Å²) in [7, 11) is 0. The highest BCUT2D eigenvalue weighted by molar-refractivity contribution is 5.79. The van der Waals surface area contributed by atoms with Crippen LogP contribution in [0.3, 0.4) is 0 Å². The number of aliphatic carboxylic acids is 1. The third-order valence-corrected chi connectivity index (χ3v) is 4.86. The second-order valence-corrected chi connectivity index (χ2v) is 6.89. The number of carboxylic acids is 1. The van der Waals surface area contributed by atoms with Gasteiger partial charge < -0.3 is 10.0 Å². The second kappa shape index (κ2) is 6.90. The molecule has 0 aromatic rings. The minimum absolute atomic E-state index is 0.217. The molecule has 2 fully saturated rings. The number of nitrogens with zero attached hydrogens (tertiary/aromatic N) is 1. The maximum Gasteiger partial charge on any atom is 0.323 e. The molecule has 2 unspecified atom stereocenters. The van der Waals surface area contributed by atoms with Crippen molar-refractivity contribution in [2.45, 2.75) is 82.8 Å². The Labute approximate surface area is 122 Å². The molecule has 1 saturated carbocycles. The van der Waals surface area contributed by atoms with Crippen molar-refractivity contribution < 1.29 is 9.90 Å². The van der Waals surface area contributed by atoms with Gasteiger partial charge in [-0.25, -0.2) is 0 Å². The highest BCUT2D eigenvalue weighted by atomic mass is 16.4. The molecule has 0 aromatic carbocycles. The van der Waals surface area contributed by atoms with Crippen LogP contribution < -0.4 is 5.32 Å². The first-order chi connectivity index (χ1) is 9.53. The first-order valence-corrected chi connectivity index (χ1v) is 8.29. The summed E-state index contributed by atoms with van der Waals surface area (Å²) < 4.78 is 0. The van der Waals surface area contributed by atoms with Gasteiger partial charge in [0.15, 0.2) is 0 Å². The van der Waals surface area contributed by atoms with Crippen LogP contribution in [0, 0.1) is 0 Å². The number of carbonyl (C=O) groups is 1. The molecule has 0 bridgehead atoms. The van der Waals surface area contributed by atoms with Crippen molar-refractivity contribution in [2.24, 2.45) is 0 Å². The minimum atomic E-state index is -0.705. The molecule has 1 aliphatic heterocycles. The normalized spacial score (nSPS) is 33.0. The van der Waals surface area contributed by atoms with Crippen molar-refractivity contribution in [3.63, 3.8) is 0 Å². The van der Waals surface area contributed by atoms with E-state index in [0.29, 0.717) is 6.04 Å². The van der Waals surface area contributed by atoms with Crippen LogP contribution in [-0.4, -0.2) is 46.7 Å². The Bertz CT molecular complexity index is 324. The second-order valence-electron chi connectivity index (χ2n) is 6.89. The fourth-order valence-electron chi connectivity index (χ4n) is 3.96. The van der Waals surface area contributed by atoms with Crippen LogP contribution in [0.1, 0.15) is 65.2 Å². The SMILES string of the molecule is CC(C)NC1(C(=O)O)CCCC(N2CCCCCC2)C1. The predicted molar refractivity (Wildman–Crippen MR) is 80.9 cm³/mol. The summed E-state index contributed by atoms with van der Waals surface area (Å²) >= 11 is 0. The lowest BCUT2D eigenvalue weighted by atomic mass is 9.77. The van der Waals surface area contributed by atoms with E-state index in [1.165, 1.54) is 25.7 Å². The number of nitrogens with one attached hydrogen (secondary N) is 1. The van der Waals surface area contributed by atoms with E-state index in [0.717, 1.165) is 38.8 Å². The lowest BCUT2D eigenvalue weighted by molar-refractivity contribution is -0.148. The Morgan fingerprint density at radius 1 is 1.20 bits per heavy atom. The van der Waals surface area contributed by atoms with Gasteiger partial charge in [-0.15, -0.1) is 0 Å². The molecule has 2 rings (SSSR count). The summed E-state index contributed by atoms with van der Waals surface area (Å²) in [5.41, 5.74) is -0.705. The molecule has 0 spiro atoms. The topological polar surface area (TPSA) is 52.6 Å². The quantitative estimate of drug-likeness (QED) is 0.832. The fraction of sp³-hybridized carbons (Fsp3) is 0.938. The first kappa shape index (κ1) is 15.8. The summed E-state index contributed by atoms with van der Waals surface area (Å²) in [6.45, 7) is 6.39. The van der Waals surface area contributed by atoms with Gasteiger partial charge in [-0.1, -0.05) is 12.8 Å². The van der Waals surface area contributed by atoms with E-state index in [1.807, 2.05) is 13.8 Å². The molecule has 0 amide bonds. The standard InChI is InChI=1S/C16H30N2O2/c1-13(2)17-16(15(19)20)9-7-8-14(12-16)18-10-5-3-4-6-11-18/h13-14,17H,3-12H2,1-2H3,(H,19,20). The van der Waals surface area contributed by atoms with E-state index >= 15 is 0 Å². The molecule has 1 saturated heterocycles. The van der Waals surface area contributed by atoms with Gasteiger partial charge >= 0.3 is 5.97 Å². The number of hydrogen-bond acceptors (Lipinski definition) is 3. The van der Waals surface area contributed by atoms with Crippen molar-refractivity contribution in [3.8, 4) is 0 Å². The third kappa shape index (κ3) is 3.73. The van der Waals surface area contributed by atoms with E-state index in [-0.39, 0.29) is 6.04 Å². The Hall–Kier alpha value is -0.610. The molecule has 0 radical (unpaired) electrons. The van der Waals surface area contributed by atoms with Crippen LogP contribution >= 0.6 is 0 Å². The molecule has 1 aliphatic carbocycles. The van der Waals surface area contributed by atoms with Crippen LogP contribution in [0.15, 0.2) is 0 Å². The molecule has 116 valence electrons. The lowest BCUT2D eigenvalue weighted by Crippen LogP contribution is -2.60. The molecule has 1 heterocycles. The van der Waals surface area contributed by atoms with Crippen molar-refractivity contribution in [1.82, 2.24) is 10.2 Å². The van der Waals surface area contributed by atoms with Crippen LogP contribution in [0.5, 0.6) is 0 Å².